The molecule has 0 bridgehead atoms. The molecule has 0 saturated carbocycles. The first-order valence-electron chi connectivity index (χ1n) is 9.10. The molecule has 3 nitrogen and oxygen atoms in total. The average Bonchev–Trinajstić information content (AvgIpc) is 2.99. The van der Waals surface area contributed by atoms with Crippen LogP contribution < -0.4 is 0 Å². The van der Waals surface area contributed by atoms with Crippen LogP contribution in [0, 0.1) is 0 Å². The molecular weight excluding hydrogens is 399 g/mol. The van der Waals surface area contributed by atoms with E-state index in [4.69, 9.17) is 23.2 Å². The van der Waals surface area contributed by atoms with Gasteiger partial charge < -0.3 is 10.0 Å². The summed E-state index contributed by atoms with van der Waals surface area (Å²) >= 11 is 13.8. The van der Waals surface area contributed by atoms with Crippen LogP contribution in [0.1, 0.15) is 36.8 Å². The Morgan fingerprint density at radius 1 is 1.07 bits per heavy atom. The zero-order valence-corrected chi connectivity index (χ0v) is 17.9. The number of hydrogen-bond donors (Lipinski definition) is 1. The predicted molar refractivity (Wildman–Crippen MR) is 117 cm³/mol. The van der Waals surface area contributed by atoms with Crippen molar-refractivity contribution in [2.75, 3.05) is 19.3 Å². The fourth-order valence-corrected chi connectivity index (χ4v) is 5.01. The number of rotatable bonds is 6. The van der Waals surface area contributed by atoms with Crippen molar-refractivity contribution in [3.05, 3.63) is 69.7 Å². The lowest BCUT2D eigenvalue weighted by atomic mass is 9.82. The number of unbranched alkanes of at least 4 members (excludes halogenated alkanes) is 1. The number of aliphatic imine (C=N–C) groups is 1. The van der Waals surface area contributed by atoms with Crippen LogP contribution in [0.5, 0.6) is 0 Å². The van der Waals surface area contributed by atoms with Crippen molar-refractivity contribution < 1.29 is 5.11 Å². The van der Waals surface area contributed by atoms with Gasteiger partial charge in [-0.05, 0) is 41.8 Å². The van der Waals surface area contributed by atoms with Crippen LogP contribution in [-0.2, 0) is 0 Å². The van der Waals surface area contributed by atoms with Crippen LogP contribution in [0.25, 0.3) is 0 Å². The quantitative estimate of drug-likeness (QED) is 0.652. The maximum Gasteiger partial charge on any atom is 0.161 e. The van der Waals surface area contributed by atoms with Crippen molar-refractivity contribution in [3.63, 3.8) is 0 Å². The Hall–Kier alpha value is -1.20. The van der Waals surface area contributed by atoms with Crippen molar-refractivity contribution in [3.8, 4) is 0 Å². The second-order valence-electron chi connectivity index (χ2n) is 6.71. The van der Waals surface area contributed by atoms with Gasteiger partial charge in [-0.15, -0.1) is 0 Å². The molecule has 2 aromatic rings. The van der Waals surface area contributed by atoms with Crippen LogP contribution in [0.15, 0.2) is 53.5 Å². The summed E-state index contributed by atoms with van der Waals surface area (Å²) in [6, 6.07) is 15.4. The lowest BCUT2D eigenvalue weighted by Gasteiger charge is -2.41. The number of hydrogen-bond acceptors (Lipinski definition) is 3. The van der Waals surface area contributed by atoms with E-state index in [1.54, 1.807) is 18.8 Å². The molecule has 1 aliphatic rings. The molecule has 1 heterocycles. The molecule has 1 saturated heterocycles. The Balaban J connectivity index is 2.10. The maximum absolute atomic E-state index is 11.9. The molecule has 2 aromatic carbocycles. The summed E-state index contributed by atoms with van der Waals surface area (Å²) in [4.78, 5) is 6.48. The molecule has 0 aromatic heterocycles. The van der Waals surface area contributed by atoms with E-state index in [0.717, 1.165) is 35.7 Å². The van der Waals surface area contributed by atoms with E-state index < -0.39 is 5.72 Å². The molecule has 1 aliphatic heterocycles. The molecule has 27 heavy (non-hydrogen) atoms. The minimum atomic E-state index is -1.07. The normalized spacial score (nSPS) is 21.4. The fourth-order valence-electron chi connectivity index (χ4n) is 3.56. The molecule has 144 valence electrons. The van der Waals surface area contributed by atoms with Gasteiger partial charge in [-0.3, -0.25) is 4.99 Å². The third-order valence-electron chi connectivity index (χ3n) is 4.91. The highest BCUT2D eigenvalue weighted by atomic mass is 35.5. The van der Waals surface area contributed by atoms with E-state index in [9.17, 15) is 5.11 Å². The molecule has 0 radical (unpaired) electrons. The third-order valence-corrected chi connectivity index (χ3v) is 6.64. The Kier molecular flexibility index (Phi) is 6.74. The van der Waals surface area contributed by atoms with Crippen LogP contribution in [0.3, 0.4) is 0 Å². The lowest BCUT2D eigenvalue weighted by molar-refractivity contribution is -0.0559. The van der Waals surface area contributed by atoms with Crippen LogP contribution >= 0.6 is 35.0 Å². The molecule has 0 aliphatic carbocycles. The molecule has 0 amide bonds. The fraction of sp³-hybridized carbons (Fsp3) is 0.381. The highest BCUT2D eigenvalue weighted by molar-refractivity contribution is 8.14. The molecule has 1 N–H and O–H groups in total. The van der Waals surface area contributed by atoms with Gasteiger partial charge in [-0.25, -0.2) is 0 Å². The minimum absolute atomic E-state index is 0.240. The largest absolute Gasteiger partial charge is 0.369 e. The molecule has 1 fully saturated rings. The number of halogens is 2. The van der Waals surface area contributed by atoms with E-state index in [1.165, 1.54) is 0 Å². The maximum atomic E-state index is 11.9. The van der Waals surface area contributed by atoms with Crippen molar-refractivity contribution in [2.24, 2.45) is 4.99 Å². The molecule has 1 atom stereocenters. The number of aliphatic hydroxyl groups is 1. The van der Waals surface area contributed by atoms with Crippen molar-refractivity contribution in [1.29, 1.82) is 0 Å². The highest BCUT2D eigenvalue weighted by Gasteiger charge is 2.49. The van der Waals surface area contributed by atoms with Gasteiger partial charge in [0.25, 0.3) is 0 Å². The smallest absolute Gasteiger partial charge is 0.161 e. The second-order valence-corrected chi connectivity index (χ2v) is 8.53. The highest BCUT2D eigenvalue weighted by Crippen LogP contribution is 2.45. The number of amidine groups is 1. The zero-order valence-electron chi connectivity index (χ0n) is 15.5. The van der Waals surface area contributed by atoms with Gasteiger partial charge in [0, 0.05) is 29.4 Å². The molecular formula is C21H24Cl2N2OS. The molecule has 0 spiro atoms. The standard InChI is InChI=1S/C21H24Cl2N2OS/c1-3-4-13-25-20(24-2)27-14-21(25,26)19(15-5-9-17(22)10-6-15)16-7-11-18(23)12-8-16/h5-12,19,26H,3-4,13-14H2,1-2H3. The van der Waals surface area contributed by atoms with Gasteiger partial charge in [-0.2, -0.15) is 0 Å². The zero-order chi connectivity index (χ0) is 19.4. The number of benzene rings is 2. The van der Waals surface area contributed by atoms with Crippen molar-refractivity contribution in [1.82, 2.24) is 4.90 Å². The van der Waals surface area contributed by atoms with Crippen LogP contribution in [-0.4, -0.2) is 40.2 Å². The average molecular weight is 423 g/mol. The number of nitrogens with zero attached hydrogens (tertiary/aromatic N) is 2. The van der Waals surface area contributed by atoms with Gasteiger partial charge in [0.15, 0.2) is 10.9 Å². The first-order valence-corrected chi connectivity index (χ1v) is 10.8. The third kappa shape index (κ3) is 4.29. The van der Waals surface area contributed by atoms with Crippen molar-refractivity contribution >= 4 is 40.1 Å². The summed E-state index contributed by atoms with van der Waals surface area (Å²) in [7, 11) is 1.78. The summed E-state index contributed by atoms with van der Waals surface area (Å²) in [6.07, 6.45) is 2.05. The van der Waals surface area contributed by atoms with Gasteiger partial charge >= 0.3 is 0 Å². The summed E-state index contributed by atoms with van der Waals surface area (Å²) in [6.45, 7) is 2.92. The summed E-state index contributed by atoms with van der Waals surface area (Å²) in [5.41, 5.74) is 0.962. The topological polar surface area (TPSA) is 35.8 Å². The lowest BCUT2D eigenvalue weighted by Crippen LogP contribution is -2.52. The van der Waals surface area contributed by atoms with Gasteiger partial charge in [0.2, 0.25) is 0 Å². The Labute approximate surface area is 175 Å². The van der Waals surface area contributed by atoms with Gasteiger partial charge in [0.1, 0.15) is 0 Å². The van der Waals surface area contributed by atoms with Crippen LogP contribution in [0.2, 0.25) is 10.0 Å². The monoisotopic (exact) mass is 422 g/mol. The minimum Gasteiger partial charge on any atom is -0.369 e. The second kappa shape index (κ2) is 8.87. The van der Waals surface area contributed by atoms with Crippen molar-refractivity contribution in [2.45, 2.75) is 31.4 Å². The van der Waals surface area contributed by atoms with E-state index in [-0.39, 0.29) is 5.92 Å². The summed E-state index contributed by atoms with van der Waals surface area (Å²) in [5.74, 6) is 0.315. The van der Waals surface area contributed by atoms with E-state index in [1.807, 2.05) is 48.5 Å². The Bertz CT molecular complexity index is 749. The predicted octanol–water partition coefficient (Wildman–Crippen LogP) is 5.65. The summed E-state index contributed by atoms with van der Waals surface area (Å²) < 4.78 is 0. The van der Waals surface area contributed by atoms with Gasteiger partial charge in [0.05, 0.1) is 5.92 Å². The summed E-state index contributed by atoms with van der Waals surface area (Å²) in [5, 5.41) is 14.2. The van der Waals surface area contributed by atoms with E-state index in [0.29, 0.717) is 15.8 Å². The Morgan fingerprint density at radius 3 is 2.04 bits per heavy atom. The first kappa shape index (κ1) is 20.5. The van der Waals surface area contributed by atoms with E-state index >= 15 is 0 Å². The molecule has 6 heteroatoms. The van der Waals surface area contributed by atoms with Gasteiger partial charge in [-0.1, -0.05) is 72.6 Å². The number of thioether (sulfide) groups is 1. The van der Waals surface area contributed by atoms with Crippen LogP contribution in [0.4, 0.5) is 0 Å². The molecule has 3 rings (SSSR count). The molecule has 1 unspecified atom stereocenters. The van der Waals surface area contributed by atoms with E-state index in [2.05, 4.69) is 16.8 Å². The SMILES string of the molecule is CCCCN1C(=NC)SCC1(O)C(c1ccc(Cl)cc1)c1ccc(Cl)cc1. The first-order chi connectivity index (χ1) is 13.0. The Morgan fingerprint density at radius 2 is 1.59 bits per heavy atom.